The molecule has 20 heavy (non-hydrogen) atoms. The van der Waals surface area contributed by atoms with Crippen LogP contribution in [0.5, 0.6) is 0 Å². The molecule has 0 radical (unpaired) electrons. The molecule has 0 unspecified atom stereocenters. The van der Waals surface area contributed by atoms with Crippen LogP contribution in [0.25, 0.3) is 16.7 Å². The maximum Gasteiger partial charge on any atom is 0.132 e. The summed E-state index contributed by atoms with van der Waals surface area (Å²) in [4.78, 5) is 0. The molecular formula is C12H11ClN6S. The van der Waals surface area contributed by atoms with Crippen LogP contribution in [0, 0.1) is 0 Å². The first-order valence-corrected chi connectivity index (χ1v) is 7.48. The molecule has 1 saturated carbocycles. The van der Waals surface area contributed by atoms with Crippen molar-refractivity contribution in [3.05, 3.63) is 29.0 Å². The van der Waals surface area contributed by atoms with Gasteiger partial charge in [-0.25, -0.2) is 4.68 Å². The van der Waals surface area contributed by atoms with Gasteiger partial charge in [0.25, 0.3) is 0 Å². The maximum absolute atomic E-state index is 6.27. The van der Waals surface area contributed by atoms with Crippen LogP contribution in [0.4, 0.5) is 0 Å². The fraction of sp³-hybridized carbons (Fsp3) is 0.333. The van der Waals surface area contributed by atoms with Crippen LogP contribution in [-0.2, 0) is 6.54 Å². The Morgan fingerprint density at radius 2 is 2.25 bits per heavy atom. The molecule has 6 nitrogen and oxygen atoms in total. The van der Waals surface area contributed by atoms with Crippen LogP contribution in [0.1, 0.15) is 18.5 Å². The number of rotatable bonds is 4. The van der Waals surface area contributed by atoms with Crippen molar-refractivity contribution < 1.29 is 0 Å². The summed E-state index contributed by atoms with van der Waals surface area (Å²) in [6.07, 6.45) is 4.39. The Bertz CT molecular complexity index is 762. The third kappa shape index (κ3) is 2.17. The highest BCUT2D eigenvalue weighted by atomic mass is 35.5. The van der Waals surface area contributed by atoms with Crippen molar-refractivity contribution in [2.75, 3.05) is 0 Å². The van der Waals surface area contributed by atoms with E-state index in [-0.39, 0.29) is 0 Å². The molecule has 0 bridgehead atoms. The van der Waals surface area contributed by atoms with Gasteiger partial charge in [-0.05, 0) is 25.0 Å². The molecule has 1 N–H and O–H groups in total. The van der Waals surface area contributed by atoms with Crippen molar-refractivity contribution in [2.45, 2.75) is 25.4 Å². The molecule has 0 amide bonds. The number of fused-ring (bicyclic) bond motifs is 1. The molecular weight excluding hydrogens is 296 g/mol. The standard InChI is InChI=1S/C12H11ClN6S/c13-9-3-4-10-11(17-20-16-10)12(9)19-6-8(15-18-19)5-14-7-1-2-7/h3-4,6-7,14H,1-2,5H2. The van der Waals surface area contributed by atoms with Gasteiger partial charge in [0.2, 0.25) is 0 Å². The molecule has 4 rings (SSSR count). The number of hydrogen-bond donors (Lipinski definition) is 1. The lowest BCUT2D eigenvalue weighted by molar-refractivity contribution is 0.671. The van der Waals surface area contributed by atoms with Crippen molar-refractivity contribution in [2.24, 2.45) is 0 Å². The van der Waals surface area contributed by atoms with Crippen LogP contribution in [0.15, 0.2) is 18.3 Å². The van der Waals surface area contributed by atoms with Crippen LogP contribution < -0.4 is 5.32 Å². The Kier molecular flexibility index (Phi) is 2.90. The zero-order valence-electron chi connectivity index (χ0n) is 10.5. The minimum Gasteiger partial charge on any atom is -0.308 e. The number of nitrogens with one attached hydrogen (secondary N) is 1. The third-order valence-electron chi connectivity index (χ3n) is 3.27. The van der Waals surface area contributed by atoms with Gasteiger partial charge >= 0.3 is 0 Å². The van der Waals surface area contributed by atoms with Gasteiger partial charge in [0.05, 0.1) is 28.6 Å². The minimum atomic E-state index is 0.594. The second-order valence-electron chi connectivity index (χ2n) is 4.84. The van der Waals surface area contributed by atoms with Crippen LogP contribution in [0.2, 0.25) is 5.02 Å². The zero-order valence-corrected chi connectivity index (χ0v) is 12.0. The molecule has 1 fully saturated rings. The lowest BCUT2D eigenvalue weighted by atomic mass is 10.2. The van der Waals surface area contributed by atoms with Crippen molar-refractivity contribution in [1.82, 2.24) is 29.1 Å². The van der Waals surface area contributed by atoms with Crippen molar-refractivity contribution in [1.29, 1.82) is 0 Å². The monoisotopic (exact) mass is 306 g/mol. The summed E-state index contributed by atoms with van der Waals surface area (Å²) in [7, 11) is 0. The number of halogens is 1. The van der Waals surface area contributed by atoms with Crippen molar-refractivity contribution in [3.63, 3.8) is 0 Å². The topological polar surface area (TPSA) is 68.5 Å². The van der Waals surface area contributed by atoms with E-state index in [1.165, 1.54) is 24.6 Å². The summed E-state index contributed by atoms with van der Waals surface area (Å²) in [6.45, 7) is 0.730. The molecule has 2 heterocycles. The second-order valence-corrected chi connectivity index (χ2v) is 5.77. The average molecular weight is 307 g/mol. The predicted molar refractivity (Wildman–Crippen MR) is 77.2 cm³/mol. The van der Waals surface area contributed by atoms with Gasteiger partial charge in [0.1, 0.15) is 16.7 Å². The lowest BCUT2D eigenvalue weighted by Gasteiger charge is -2.03. The summed E-state index contributed by atoms with van der Waals surface area (Å²) in [5.41, 5.74) is 3.22. The van der Waals surface area contributed by atoms with Crippen LogP contribution in [-0.4, -0.2) is 29.8 Å². The molecule has 102 valence electrons. The van der Waals surface area contributed by atoms with Crippen molar-refractivity contribution in [3.8, 4) is 5.69 Å². The summed E-state index contributed by atoms with van der Waals surface area (Å²) in [5.74, 6) is 0. The van der Waals surface area contributed by atoms with E-state index in [1.807, 2.05) is 18.3 Å². The molecule has 3 aromatic rings. The van der Waals surface area contributed by atoms with Gasteiger partial charge in [-0.1, -0.05) is 16.8 Å². The summed E-state index contributed by atoms with van der Waals surface area (Å²) in [6, 6.07) is 4.32. The van der Waals surface area contributed by atoms with E-state index in [0.717, 1.165) is 29.0 Å². The number of aromatic nitrogens is 5. The second kappa shape index (κ2) is 4.76. The highest BCUT2D eigenvalue weighted by molar-refractivity contribution is 7.00. The van der Waals surface area contributed by atoms with Gasteiger partial charge in [-0.2, -0.15) is 8.75 Å². The molecule has 1 aliphatic carbocycles. The molecule has 1 aromatic carbocycles. The Morgan fingerprint density at radius 3 is 3.10 bits per heavy atom. The Balaban J connectivity index is 1.70. The van der Waals surface area contributed by atoms with Gasteiger partial charge in [-0.3, -0.25) is 0 Å². The van der Waals surface area contributed by atoms with E-state index in [0.29, 0.717) is 11.1 Å². The summed E-state index contributed by atoms with van der Waals surface area (Å²) >= 11 is 7.44. The molecule has 8 heteroatoms. The van der Waals surface area contributed by atoms with E-state index >= 15 is 0 Å². The van der Waals surface area contributed by atoms with E-state index in [4.69, 9.17) is 11.6 Å². The SMILES string of the molecule is Clc1ccc2nsnc2c1-n1cc(CNC2CC2)nn1. The fourth-order valence-corrected chi connectivity index (χ4v) is 2.83. The first-order chi connectivity index (χ1) is 9.81. The maximum atomic E-state index is 6.27. The normalized spacial score (nSPS) is 15.1. The van der Waals surface area contributed by atoms with Gasteiger partial charge in [0, 0.05) is 12.6 Å². The lowest BCUT2D eigenvalue weighted by Crippen LogP contribution is -2.15. The molecule has 0 saturated heterocycles. The van der Waals surface area contributed by atoms with E-state index in [9.17, 15) is 0 Å². The molecule has 2 aromatic heterocycles. The van der Waals surface area contributed by atoms with E-state index < -0.39 is 0 Å². The highest BCUT2D eigenvalue weighted by Crippen LogP contribution is 2.28. The zero-order chi connectivity index (χ0) is 13.5. The smallest absolute Gasteiger partial charge is 0.132 e. The van der Waals surface area contributed by atoms with Crippen LogP contribution in [0.3, 0.4) is 0 Å². The Labute approximate surface area is 124 Å². The van der Waals surface area contributed by atoms with Gasteiger partial charge in [-0.15, -0.1) is 5.10 Å². The number of hydrogen-bond acceptors (Lipinski definition) is 6. The molecule has 0 spiro atoms. The summed E-state index contributed by atoms with van der Waals surface area (Å²) in [5, 5.41) is 12.3. The third-order valence-corrected chi connectivity index (χ3v) is 4.12. The fourth-order valence-electron chi connectivity index (χ4n) is 2.06. The first-order valence-electron chi connectivity index (χ1n) is 6.37. The van der Waals surface area contributed by atoms with Crippen LogP contribution >= 0.6 is 23.3 Å². The average Bonchev–Trinajstić information content (AvgIpc) is 2.97. The minimum absolute atomic E-state index is 0.594. The molecule has 1 aliphatic rings. The number of nitrogens with zero attached hydrogens (tertiary/aromatic N) is 5. The quantitative estimate of drug-likeness (QED) is 0.800. The Morgan fingerprint density at radius 1 is 1.35 bits per heavy atom. The predicted octanol–water partition coefficient (Wildman–Crippen LogP) is 2.18. The van der Waals surface area contributed by atoms with E-state index in [2.05, 4.69) is 24.4 Å². The highest BCUT2D eigenvalue weighted by Gasteiger charge is 2.21. The number of benzene rings is 1. The van der Waals surface area contributed by atoms with Gasteiger partial charge < -0.3 is 5.32 Å². The molecule has 0 atom stereocenters. The first kappa shape index (κ1) is 12.2. The van der Waals surface area contributed by atoms with Crippen molar-refractivity contribution >= 4 is 34.4 Å². The van der Waals surface area contributed by atoms with E-state index in [1.54, 1.807) is 4.68 Å². The Hall–Kier alpha value is -1.57. The summed E-state index contributed by atoms with van der Waals surface area (Å²) < 4.78 is 10.2. The van der Waals surface area contributed by atoms with Gasteiger partial charge in [0.15, 0.2) is 0 Å². The molecule has 0 aliphatic heterocycles. The largest absolute Gasteiger partial charge is 0.308 e.